The van der Waals surface area contributed by atoms with Gasteiger partial charge in [0.1, 0.15) is 0 Å². The molecule has 0 saturated heterocycles. The molecular formula is C14H20N2O. The summed E-state index contributed by atoms with van der Waals surface area (Å²) in [6.45, 7) is 3.67. The van der Waals surface area contributed by atoms with Crippen molar-refractivity contribution in [2.75, 3.05) is 18.4 Å². The Balaban J connectivity index is 1.91. The molecule has 0 aliphatic carbocycles. The standard InChI is InChI=1S/C14H20N2O/c1-2-3-8-15-14(17)12-9-11-6-4-5-7-13(11)16-10-12/h4-7,12,16H,2-3,8-10H2,1H3,(H,15,17). The maximum Gasteiger partial charge on any atom is 0.225 e. The molecule has 1 unspecified atom stereocenters. The fraction of sp³-hybridized carbons (Fsp3) is 0.500. The largest absolute Gasteiger partial charge is 0.384 e. The summed E-state index contributed by atoms with van der Waals surface area (Å²) in [5.41, 5.74) is 2.42. The van der Waals surface area contributed by atoms with Gasteiger partial charge in [0.25, 0.3) is 0 Å². The van der Waals surface area contributed by atoms with E-state index in [1.165, 1.54) is 11.3 Å². The van der Waals surface area contributed by atoms with Crippen molar-refractivity contribution < 1.29 is 4.79 Å². The van der Waals surface area contributed by atoms with E-state index in [0.29, 0.717) is 0 Å². The van der Waals surface area contributed by atoms with Crippen molar-refractivity contribution in [3.05, 3.63) is 29.8 Å². The van der Waals surface area contributed by atoms with E-state index >= 15 is 0 Å². The minimum Gasteiger partial charge on any atom is -0.384 e. The highest BCUT2D eigenvalue weighted by Crippen LogP contribution is 2.24. The molecule has 1 amide bonds. The van der Waals surface area contributed by atoms with Crippen LogP contribution in [0.5, 0.6) is 0 Å². The van der Waals surface area contributed by atoms with Crippen LogP contribution in [0.15, 0.2) is 24.3 Å². The zero-order valence-corrected chi connectivity index (χ0v) is 10.3. The first-order valence-corrected chi connectivity index (χ1v) is 6.40. The van der Waals surface area contributed by atoms with Crippen molar-refractivity contribution in [1.82, 2.24) is 5.32 Å². The molecule has 3 heteroatoms. The Kier molecular flexibility index (Phi) is 4.02. The minimum absolute atomic E-state index is 0.0711. The van der Waals surface area contributed by atoms with E-state index in [-0.39, 0.29) is 11.8 Å². The van der Waals surface area contributed by atoms with Crippen LogP contribution in [0, 0.1) is 5.92 Å². The minimum atomic E-state index is 0.0711. The highest BCUT2D eigenvalue weighted by Gasteiger charge is 2.23. The Hall–Kier alpha value is -1.51. The van der Waals surface area contributed by atoms with E-state index in [1.807, 2.05) is 12.1 Å². The van der Waals surface area contributed by atoms with Crippen molar-refractivity contribution in [3.8, 4) is 0 Å². The van der Waals surface area contributed by atoms with Crippen LogP contribution in [-0.2, 0) is 11.2 Å². The number of rotatable bonds is 4. The fourth-order valence-corrected chi connectivity index (χ4v) is 2.16. The van der Waals surface area contributed by atoms with Crippen molar-refractivity contribution in [3.63, 3.8) is 0 Å². The first-order valence-electron chi connectivity index (χ1n) is 6.40. The summed E-state index contributed by atoms with van der Waals surface area (Å²) in [5, 5.41) is 6.33. The number of amides is 1. The van der Waals surface area contributed by atoms with Crippen LogP contribution >= 0.6 is 0 Å². The second kappa shape index (κ2) is 5.71. The summed E-state index contributed by atoms with van der Waals surface area (Å²) in [5.74, 6) is 0.252. The second-order valence-corrected chi connectivity index (χ2v) is 4.58. The maximum absolute atomic E-state index is 11.9. The van der Waals surface area contributed by atoms with Crippen molar-refractivity contribution in [1.29, 1.82) is 0 Å². The molecule has 2 rings (SSSR count). The van der Waals surface area contributed by atoms with Gasteiger partial charge in [-0.25, -0.2) is 0 Å². The summed E-state index contributed by atoms with van der Waals surface area (Å²) < 4.78 is 0. The molecule has 17 heavy (non-hydrogen) atoms. The first kappa shape index (κ1) is 12.0. The highest BCUT2D eigenvalue weighted by molar-refractivity contribution is 5.80. The number of para-hydroxylation sites is 1. The Morgan fingerprint density at radius 2 is 2.29 bits per heavy atom. The van der Waals surface area contributed by atoms with Crippen LogP contribution in [-0.4, -0.2) is 19.0 Å². The SMILES string of the molecule is CCCCNC(=O)C1CNc2ccccc2C1. The van der Waals surface area contributed by atoms with E-state index < -0.39 is 0 Å². The number of fused-ring (bicyclic) bond motifs is 1. The van der Waals surface area contributed by atoms with Gasteiger partial charge in [-0.05, 0) is 24.5 Å². The summed E-state index contributed by atoms with van der Waals surface area (Å²) in [6.07, 6.45) is 3.02. The molecule has 0 spiro atoms. The molecule has 0 saturated carbocycles. The first-order chi connectivity index (χ1) is 8.31. The number of hydrogen-bond acceptors (Lipinski definition) is 2. The lowest BCUT2D eigenvalue weighted by Gasteiger charge is -2.25. The Labute approximate surface area is 103 Å². The maximum atomic E-state index is 11.9. The molecule has 92 valence electrons. The number of unbranched alkanes of at least 4 members (excludes halogenated alkanes) is 1. The summed E-state index contributed by atoms with van der Waals surface area (Å²) in [4.78, 5) is 11.9. The van der Waals surface area contributed by atoms with Gasteiger partial charge in [-0.3, -0.25) is 4.79 Å². The summed E-state index contributed by atoms with van der Waals surface area (Å²) in [7, 11) is 0. The molecule has 1 atom stereocenters. The molecule has 0 fully saturated rings. The van der Waals surface area contributed by atoms with Crippen LogP contribution in [0.25, 0.3) is 0 Å². The number of carbonyl (C=O) groups excluding carboxylic acids is 1. The van der Waals surface area contributed by atoms with E-state index in [2.05, 4.69) is 29.7 Å². The topological polar surface area (TPSA) is 41.1 Å². The van der Waals surface area contributed by atoms with Gasteiger partial charge in [0.05, 0.1) is 5.92 Å². The molecule has 1 aliphatic heterocycles. The third kappa shape index (κ3) is 2.99. The predicted molar refractivity (Wildman–Crippen MR) is 70.0 cm³/mol. The third-order valence-corrected chi connectivity index (χ3v) is 3.22. The molecular weight excluding hydrogens is 212 g/mol. The van der Waals surface area contributed by atoms with Crippen LogP contribution in [0.1, 0.15) is 25.3 Å². The molecule has 2 N–H and O–H groups in total. The normalized spacial score (nSPS) is 18.1. The van der Waals surface area contributed by atoms with Crippen LogP contribution in [0.2, 0.25) is 0 Å². The molecule has 1 heterocycles. The van der Waals surface area contributed by atoms with Crippen LogP contribution in [0.3, 0.4) is 0 Å². The zero-order valence-electron chi connectivity index (χ0n) is 10.3. The van der Waals surface area contributed by atoms with Gasteiger partial charge in [0, 0.05) is 18.8 Å². The average molecular weight is 232 g/mol. The highest BCUT2D eigenvalue weighted by atomic mass is 16.1. The number of benzene rings is 1. The van der Waals surface area contributed by atoms with Crippen LogP contribution < -0.4 is 10.6 Å². The Bertz CT molecular complexity index is 390. The third-order valence-electron chi connectivity index (χ3n) is 3.22. The predicted octanol–water partition coefficient (Wildman–Crippen LogP) is 2.19. The smallest absolute Gasteiger partial charge is 0.225 e. The molecule has 1 aliphatic rings. The number of carbonyl (C=O) groups is 1. The lowest BCUT2D eigenvalue weighted by molar-refractivity contribution is -0.124. The van der Waals surface area contributed by atoms with Crippen molar-refractivity contribution in [2.45, 2.75) is 26.2 Å². The zero-order chi connectivity index (χ0) is 12.1. The van der Waals surface area contributed by atoms with Crippen molar-refractivity contribution in [2.24, 2.45) is 5.92 Å². The average Bonchev–Trinajstić information content (AvgIpc) is 2.38. The molecule has 0 aromatic heterocycles. The summed E-state index contributed by atoms with van der Waals surface area (Å²) in [6, 6.07) is 8.21. The van der Waals surface area contributed by atoms with E-state index in [4.69, 9.17) is 0 Å². The number of anilines is 1. The Morgan fingerprint density at radius 1 is 1.47 bits per heavy atom. The Morgan fingerprint density at radius 3 is 3.12 bits per heavy atom. The van der Waals surface area contributed by atoms with Crippen molar-refractivity contribution >= 4 is 11.6 Å². The van der Waals surface area contributed by atoms with Gasteiger partial charge >= 0.3 is 0 Å². The van der Waals surface area contributed by atoms with Gasteiger partial charge in [-0.1, -0.05) is 31.5 Å². The fourth-order valence-electron chi connectivity index (χ4n) is 2.16. The molecule has 1 aromatic rings. The second-order valence-electron chi connectivity index (χ2n) is 4.58. The quantitative estimate of drug-likeness (QED) is 0.781. The monoisotopic (exact) mass is 232 g/mol. The van der Waals surface area contributed by atoms with Gasteiger partial charge < -0.3 is 10.6 Å². The lowest BCUT2D eigenvalue weighted by atomic mass is 9.93. The van der Waals surface area contributed by atoms with Gasteiger partial charge in [0.2, 0.25) is 5.91 Å². The lowest BCUT2D eigenvalue weighted by Crippen LogP contribution is -2.38. The number of hydrogen-bond donors (Lipinski definition) is 2. The number of nitrogens with one attached hydrogen (secondary N) is 2. The molecule has 0 radical (unpaired) electrons. The van der Waals surface area contributed by atoms with E-state index in [0.717, 1.165) is 32.4 Å². The van der Waals surface area contributed by atoms with Gasteiger partial charge in [-0.15, -0.1) is 0 Å². The summed E-state index contributed by atoms with van der Waals surface area (Å²) >= 11 is 0. The molecule has 1 aromatic carbocycles. The van der Waals surface area contributed by atoms with Gasteiger partial charge in [-0.2, -0.15) is 0 Å². The molecule has 3 nitrogen and oxygen atoms in total. The van der Waals surface area contributed by atoms with E-state index in [9.17, 15) is 4.79 Å². The van der Waals surface area contributed by atoms with E-state index in [1.54, 1.807) is 0 Å². The molecule has 0 bridgehead atoms. The van der Waals surface area contributed by atoms with Gasteiger partial charge in [0.15, 0.2) is 0 Å². The van der Waals surface area contributed by atoms with Crippen LogP contribution in [0.4, 0.5) is 5.69 Å².